The fourth-order valence-corrected chi connectivity index (χ4v) is 3.71. The van der Waals surface area contributed by atoms with Gasteiger partial charge in [0.1, 0.15) is 5.75 Å². The summed E-state index contributed by atoms with van der Waals surface area (Å²) in [5, 5.41) is 8.86. The first-order valence-electron chi connectivity index (χ1n) is 10.2. The minimum atomic E-state index is 0.154. The lowest BCUT2D eigenvalue weighted by molar-refractivity contribution is -0.130. The zero-order valence-electron chi connectivity index (χ0n) is 17.4. The van der Waals surface area contributed by atoms with Crippen LogP contribution in [0.3, 0.4) is 0 Å². The van der Waals surface area contributed by atoms with Crippen molar-refractivity contribution < 1.29 is 9.53 Å². The van der Waals surface area contributed by atoms with E-state index in [1.807, 2.05) is 53.4 Å². The van der Waals surface area contributed by atoms with Gasteiger partial charge in [-0.15, -0.1) is 10.2 Å². The number of ether oxygens (including phenoxy) is 1. The lowest BCUT2D eigenvalue weighted by Crippen LogP contribution is -2.49. The summed E-state index contributed by atoms with van der Waals surface area (Å²) < 4.78 is 5.17. The van der Waals surface area contributed by atoms with E-state index in [9.17, 15) is 4.79 Å². The number of amides is 1. The number of nitrogens with zero attached hydrogens (tertiary/aromatic N) is 4. The average Bonchev–Trinajstić information content (AvgIpc) is 2.80. The van der Waals surface area contributed by atoms with Crippen LogP contribution >= 0.6 is 0 Å². The standard InChI is InChI=1S/C24H26N4O2/c1-18-5-3-4-6-21(18)22-11-12-23(26-25-22)27-13-15-28(16-14-27)24(29)17-19-7-9-20(30-2)10-8-19/h3-12H,13-17H2,1-2H3. The summed E-state index contributed by atoms with van der Waals surface area (Å²) in [6, 6.07) is 19.9. The van der Waals surface area contributed by atoms with Gasteiger partial charge < -0.3 is 14.5 Å². The maximum absolute atomic E-state index is 12.6. The molecular weight excluding hydrogens is 376 g/mol. The summed E-state index contributed by atoms with van der Waals surface area (Å²) in [5.74, 6) is 1.81. The van der Waals surface area contributed by atoms with Crippen LogP contribution in [0.5, 0.6) is 5.75 Å². The summed E-state index contributed by atoms with van der Waals surface area (Å²) in [4.78, 5) is 16.8. The topological polar surface area (TPSA) is 58.6 Å². The summed E-state index contributed by atoms with van der Waals surface area (Å²) in [7, 11) is 1.64. The van der Waals surface area contributed by atoms with Crippen molar-refractivity contribution in [1.29, 1.82) is 0 Å². The molecule has 2 heterocycles. The fraction of sp³-hybridized carbons (Fsp3) is 0.292. The SMILES string of the molecule is COc1ccc(CC(=O)N2CCN(c3ccc(-c4ccccc4C)nn3)CC2)cc1. The van der Waals surface area contributed by atoms with Gasteiger partial charge in [0.25, 0.3) is 0 Å². The van der Waals surface area contributed by atoms with Crippen molar-refractivity contribution >= 4 is 11.7 Å². The van der Waals surface area contributed by atoms with E-state index in [-0.39, 0.29) is 5.91 Å². The smallest absolute Gasteiger partial charge is 0.227 e. The molecule has 1 aliphatic heterocycles. The van der Waals surface area contributed by atoms with Crippen LogP contribution in [0.2, 0.25) is 0 Å². The molecule has 1 amide bonds. The molecule has 0 saturated carbocycles. The highest BCUT2D eigenvalue weighted by Gasteiger charge is 2.22. The minimum Gasteiger partial charge on any atom is -0.497 e. The Kier molecular flexibility index (Phi) is 5.93. The number of anilines is 1. The Hall–Kier alpha value is -3.41. The Morgan fingerprint density at radius 1 is 0.933 bits per heavy atom. The molecule has 4 rings (SSSR count). The quantitative estimate of drug-likeness (QED) is 0.655. The molecule has 0 aliphatic carbocycles. The van der Waals surface area contributed by atoms with Gasteiger partial charge in [-0.1, -0.05) is 36.4 Å². The Bertz CT molecular complexity index is 994. The second-order valence-corrected chi connectivity index (χ2v) is 7.48. The van der Waals surface area contributed by atoms with Crippen molar-refractivity contribution in [2.24, 2.45) is 0 Å². The van der Waals surface area contributed by atoms with Gasteiger partial charge in [0.05, 0.1) is 19.2 Å². The second-order valence-electron chi connectivity index (χ2n) is 7.48. The van der Waals surface area contributed by atoms with Gasteiger partial charge in [0, 0.05) is 31.7 Å². The molecule has 1 aromatic heterocycles. The first kappa shape index (κ1) is 19.9. The third-order valence-electron chi connectivity index (χ3n) is 5.54. The first-order valence-corrected chi connectivity index (χ1v) is 10.2. The van der Waals surface area contributed by atoms with Gasteiger partial charge in [-0.25, -0.2) is 0 Å². The number of aromatic nitrogens is 2. The Morgan fingerprint density at radius 3 is 2.30 bits per heavy atom. The maximum Gasteiger partial charge on any atom is 0.227 e. The highest BCUT2D eigenvalue weighted by molar-refractivity contribution is 5.79. The molecule has 0 atom stereocenters. The van der Waals surface area contributed by atoms with Gasteiger partial charge >= 0.3 is 0 Å². The molecule has 0 unspecified atom stereocenters. The van der Waals surface area contributed by atoms with E-state index in [4.69, 9.17) is 4.74 Å². The van der Waals surface area contributed by atoms with Gasteiger partial charge in [0.15, 0.2) is 5.82 Å². The number of piperazine rings is 1. The average molecular weight is 402 g/mol. The van der Waals surface area contributed by atoms with Crippen LogP contribution in [0.4, 0.5) is 5.82 Å². The predicted octanol–water partition coefficient (Wildman–Crippen LogP) is 3.35. The van der Waals surface area contributed by atoms with Crippen LogP contribution in [0.1, 0.15) is 11.1 Å². The molecule has 30 heavy (non-hydrogen) atoms. The molecular formula is C24H26N4O2. The first-order chi connectivity index (χ1) is 14.6. The molecule has 1 fully saturated rings. The van der Waals surface area contributed by atoms with Crippen LogP contribution in [0.15, 0.2) is 60.7 Å². The number of hydrogen-bond donors (Lipinski definition) is 0. The fourth-order valence-electron chi connectivity index (χ4n) is 3.71. The molecule has 2 aromatic carbocycles. The molecule has 0 bridgehead atoms. The van der Waals surface area contributed by atoms with E-state index in [0.29, 0.717) is 19.5 Å². The van der Waals surface area contributed by atoms with Gasteiger partial charge in [-0.3, -0.25) is 4.79 Å². The Labute approximate surface area is 177 Å². The number of methoxy groups -OCH3 is 1. The van der Waals surface area contributed by atoms with Crippen LogP contribution in [0, 0.1) is 6.92 Å². The number of carbonyl (C=O) groups excluding carboxylic acids is 1. The third-order valence-corrected chi connectivity index (χ3v) is 5.54. The van der Waals surface area contributed by atoms with Crippen LogP contribution < -0.4 is 9.64 Å². The number of rotatable bonds is 5. The normalized spacial score (nSPS) is 13.9. The van der Waals surface area contributed by atoms with Crippen molar-refractivity contribution in [3.8, 4) is 17.0 Å². The Morgan fingerprint density at radius 2 is 1.67 bits per heavy atom. The van der Waals surface area contributed by atoms with E-state index < -0.39 is 0 Å². The van der Waals surface area contributed by atoms with Crippen LogP contribution in [0.25, 0.3) is 11.3 Å². The monoisotopic (exact) mass is 402 g/mol. The summed E-state index contributed by atoms with van der Waals surface area (Å²) in [5.41, 5.74) is 4.17. The Balaban J connectivity index is 1.33. The van der Waals surface area contributed by atoms with Crippen molar-refractivity contribution in [2.75, 3.05) is 38.2 Å². The van der Waals surface area contributed by atoms with Crippen molar-refractivity contribution in [3.63, 3.8) is 0 Å². The van der Waals surface area contributed by atoms with Crippen molar-refractivity contribution in [3.05, 3.63) is 71.8 Å². The molecule has 0 N–H and O–H groups in total. The van der Waals surface area contributed by atoms with E-state index >= 15 is 0 Å². The maximum atomic E-state index is 12.6. The van der Waals surface area contributed by atoms with Gasteiger partial charge in [-0.05, 0) is 42.3 Å². The second kappa shape index (κ2) is 8.95. The zero-order valence-corrected chi connectivity index (χ0v) is 17.4. The molecule has 6 nitrogen and oxygen atoms in total. The molecule has 154 valence electrons. The summed E-state index contributed by atoms with van der Waals surface area (Å²) in [6.07, 6.45) is 0.412. The van der Waals surface area contributed by atoms with Crippen LogP contribution in [-0.2, 0) is 11.2 Å². The lowest BCUT2D eigenvalue weighted by atomic mass is 10.1. The predicted molar refractivity (Wildman–Crippen MR) is 118 cm³/mol. The largest absolute Gasteiger partial charge is 0.497 e. The molecule has 1 aliphatic rings. The zero-order chi connectivity index (χ0) is 20.9. The van der Waals surface area contributed by atoms with E-state index in [1.165, 1.54) is 5.56 Å². The number of aryl methyl sites for hydroxylation is 1. The molecule has 6 heteroatoms. The molecule has 1 saturated heterocycles. The third kappa shape index (κ3) is 4.43. The van der Waals surface area contributed by atoms with E-state index in [1.54, 1.807) is 7.11 Å². The van der Waals surface area contributed by atoms with Crippen molar-refractivity contribution in [2.45, 2.75) is 13.3 Å². The number of carbonyl (C=O) groups is 1. The molecule has 3 aromatic rings. The van der Waals surface area contributed by atoms with Gasteiger partial charge in [-0.2, -0.15) is 0 Å². The van der Waals surface area contributed by atoms with Crippen LogP contribution in [-0.4, -0.2) is 54.3 Å². The highest BCUT2D eigenvalue weighted by atomic mass is 16.5. The summed E-state index contributed by atoms with van der Waals surface area (Å²) in [6.45, 7) is 4.97. The number of hydrogen-bond acceptors (Lipinski definition) is 5. The summed E-state index contributed by atoms with van der Waals surface area (Å²) >= 11 is 0. The number of benzene rings is 2. The lowest BCUT2D eigenvalue weighted by Gasteiger charge is -2.35. The van der Waals surface area contributed by atoms with Gasteiger partial charge in [0.2, 0.25) is 5.91 Å². The molecule has 0 spiro atoms. The van der Waals surface area contributed by atoms with E-state index in [2.05, 4.69) is 34.2 Å². The minimum absolute atomic E-state index is 0.154. The highest BCUT2D eigenvalue weighted by Crippen LogP contribution is 2.22. The van der Waals surface area contributed by atoms with E-state index in [0.717, 1.165) is 41.5 Å². The van der Waals surface area contributed by atoms with Crippen molar-refractivity contribution in [1.82, 2.24) is 15.1 Å². The molecule has 0 radical (unpaired) electrons.